The molecule has 0 atom stereocenters. The minimum atomic E-state index is -0.715. The maximum atomic E-state index is 13.3. The highest BCUT2D eigenvalue weighted by Crippen LogP contribution is 2.44. The maximum Gasteiger partial charge on any atom is 0.210 e. The molecule has 0 bridgehead atoms. The van der Waals surface area contributed by atoms with Crippen LogP contribution in [0.15, 0.2) is 72.3 Å². The Bertz CT molecular complexity index is 1580. The van der Waals surface area contributed by atoms with Gasteiger partial charge in [-0.25, -0.2) is 0 Å². The molecule has 162 valence electrons. The van der Waals surface area contributed by atoms with Gasteiger partial charge in [0.05, 0.1) is 11.0 Å². The Kier molecular flexibility index (Phi) is 3.98. The van der Waals surface area contributed by atoms with Crippen LogP contribution in [0.2, 0.25) is 0 Å². The minimum Gasteiger partial charge on any atom is -0.358 e. The molecule has 1 aliphatic heterocycles. The largest absolute Gasteiger partial charge is 0.358 e. The summed E-state index contributed by atoms with van der Waals surface area (Å²) < 4.78 is 2.12. The van der Waals surface area contributed by atoms with Crippen LogP contribution in [0.25, 0.3) is 21.7 Å². The number of carbonyl (C=O) groups excluding carboxylic acids is 2. The Morgan fingerprint density at radius 1 is 0.939 bits per heavy atom. The third-order valence-corrected chi connectivity index (χ3v) is 7.47. The Hall–Kier alpha value is -3.79. The first-order chi connectivity index (χ1) is 15.8. The van der Waals surface area contributed by atoms with Crippen molar-refractivity contribution in [2.24, 2.45) is 0 Å². The molecular weight excluding hydrogens is 408 g/mol. The third kappa shape index (κ3) is 2.61. The molecule has 0 amide bonds. The average Bonchev–Trinajstić information content (AvgIpc) is 3.22. The molecular formula is C29H25N2O2+. The van der Waals surface area contributed by atoms with E-state index in [2.05, 4.69) is 47.7 Å². The van der Waals surface area contributed by atoms with Crippen molar-refractivity contribution in [2.45, 2.75) is 32.1 Å². The van der Waals surface area contributed by atoms with Crippen LogP contribution in [0.4, 0.5) is 5.69 Å². The van der Waals surface area contributed by atoms with Crippen LogP contribution in [-0.2, 0) is 15.0 Å². The lowest BCUT2D eigenvalue weighted by Crippen LogP contribution is -2.40. The van der Waals surface area contributed by atoms with E-state index >= 15 is 0 Å². The molecule has 2 heterocycles. The van der Waals surface area contributed by atoms with E-state index in [1.165, 1.54) is 16.3 Å². The van der Waals surface area contributed by atoms with E-state index in [0.717, 1.165) is 33.6 Å². The molecule has 4 nitrogen and oxygen atoms in total. The standard InChI is InChI=1S/C29H24N2O2/c1-16-25(19-11-7-8-12-22(19)30-16)26-27(32)20(28(26)33)15-24-29(2,3)21-13-17-9-5-6-10-18(17)14-23(21)31(24)4/h5-15,26H,1-4H3/p+1. The number of ketones is 2. The highest BCUT2D eigenvalue weighted by molar-refractivity contribution is 6.44. The van der Waals surface area contributed by atoms with Gasteiger partial charge >= 0.3 is 0 Å². The monoisotopic (exact) mass is 433 g/mol. The van der Waals surface area contributed by atoms with E-state index in [0.29, 0.717) is 5.57 Å². The lowest BCUT2D eigenvalue weighted by molar-refractivity contribution is -0.401. The number of aromatic nitrogens is 1. The molecule has 0 radical (unpaired) electrons. The summed E-state index contributed by atoms with van der Waals surface area (Å²) in [5.41, 5.74) is 5.94. The molecule has 0 spiro atoms. The second-order valence-electron chi connectivity index (χ2n) is 9.71. The van der Waals surface area contributed by atoms with Crippen molar-refractivity contribution in [3.8, 4) is 0 Å². The van der Waals surface area contributed by atoms with Gasteiger partial charge in [-0.1, -0.05) is 42.5 Å². The number of aryl methyl sites for hydroxylation is 1. The number of aromatic amines is 1. The lowest BCUT2D eigenvalue weighted by Gasteiger charge is -2.27. The normalized spacial score (nSPS) is 19.4. The van der Waals surface area contributed by atoms with Crippen molar-refractivity contribution < 1.29 is 14.2 Å². The van der Waals surface area contributed by atoms with Crippen molar-refractivity contribution in [3.05, 3.63) is 89.1 Å². The van der Waals surface area contributed by atoms with Gasteiger partial charge in [0.1, 0.15) is 13.0 Å². The average molecular weight is 434 g/mol. The number of carbonyl (C=O) groups is 2. The molecule has 1 aliphatic carbocycles. The van der Waals surface area contributed by atoms with Crippen molar-refractivity contribution in [1.82, 2.24) is 4.98 Å². The molecule has 3 aromatic carbocycles. The number of benzene rings is 3. The fraction of sp³-hybridized carbons (Fsp3) is 0.207. The molecule has 33 heavy (non-hydrogen) atoms. The predicted molar refractivity (Wildman–Crippen MR) is 132 cm³/mol. The summed E-state index contributed by atoms with van der Waals surface area (Å²) in [4.78, 5) is 29.9. The first-order valence-electron chi connectivity index (χ1n) is 11.3. The van der Waals surface area contributed by atoms with Crippen molar-refractivity contribution in [1.29, 1.82) is 0 Å². The van der Waals surface area contributed by atoms with E-state index in [4.69, 9.17) is 0 Å². The predicted octanol–water partition coefficient (Wildman–Crippen LogP) is 5.50. The SMILES string of the molecule is Cc1[nH]c2ccccc2c1C1C(=O)C(=CC2=[N+](C)c3cc4ccccc4cc3C2(C)C)C1=O. The number of allylic oxidation sites excluding steroid dienone is 2. The zero-order chi connectivity index (χ0) is 23.1. The van der Waals surface area contributed by atoms with Crippen LogP contribution in [-0.4, -0.2) is 33.9 Å². The van der Waals surface area contributed by atoms with E-state index in [1.807, 2.05) is 56.4 Å². The number of nitrogens with one attached hydrogen (secondary N) is 1. The summed E-state index contributed by atoms with van der Waals surface area (Å²) in [5, 5.41) is 3.32. The summed E-state index contributed by atoms with van der Waals surface area (Å²) in [6.07, 6.45) is 1.83. The van der Waals surface area contributed by atoms with Crippen molar-refractivity contribution in [2.75, 3.05) is 7.05 Å². The topological polar surface area (TPSA) is 52.9 Å². The van der Waals surface area contributed by atoms with E-state index in [1.54, 1.807) is 0 Å². The molecule has 1 N–H and O–H groups in total. The molecule has 1 fully saturated rings. The van der Waals surface area contributed by atoms with Gasteiger partial charge in [-0.2, -0.15) is 4.58 Å². The number of rotatable bonds is 2. The van der Waals surface area contributed by atoms with Gasteiger partial charge in [0.25, 0.3) is 0 Å². The highest BCUT2D eigenvalue weighted by atomic mass is 16.2. The lowest BCUT2D eigenvalue weighted by atomic mass is 9.70. The summed E-state index contributed by atoms with van der Waals surface area (Å²) in [6.45, 7) is 6.25. The second-order valence-corrected chi connectivity index (χ2v) is 9.71. The summed E-state index contributed by atoms with van der Waals surface area (Å²) in [5.74, 6) is -0.899. The molecule has 2 aliphatic rings. The van der Waals surface area contributed by atoms with Gasteiger partial charge in [-0.15, -0.1) is 0 Å². The third-order valence-electron chi connectivity index (χ3n) is 7.47. The molecule has 1 aromatic heterocycles. The zero-order valence-electron chi connectivity index (χ0n) is 19.2. The summed E-state index contributed by atoms with van der Waals surface area (Å²) in [7, 11) is 2.02. The van der Waals surface area contributed by atoms with Gasteiger partial charge in [0.15, 0.2) is 17.3 Å². The number of H-pyrrole nitrogens is 1. The molecule has 0 saturated heterocycles. The number of nitrogens with zero attached hydrogens (tertiary/aromatic N) is 1. The number of fused-ring (bicyclic) bond motifs is 3. The van der Waals surface area contributed by atoms with Crippen LogP contribution in [0.5, 0.6) is 0 Å². The highest BCUT2D eigenvalue weighted by Gasteiger charge is 2.50. The molecule has 0 unspecified atom stereocenters. The van der Waals surface area contributed by atoms with E-state index in [9.17, 15) is 9.59 Å². The van der Waals surface area contributed by atoms with Crippen LogP contribution in [0, 0.1) is 6.92 Å². The zero-order valence-corrected chi connectivity index (χ0v) is 19.2. The number of Topliss-reactive ketones (excluding diaryl/α,β-unsaturated/α-hetero) is 2. The number of hydrogen-bond donors (Lipinski definition) is 1. The fourth-order valence-electron chi connectivity index (χ4n) is 5.66. The summed E-state index contributed by atoms with van der Waals surface area (Å²) in [6, 6.07) is 20.6. The number of hydrogen-bond acceptors (Lipinski definition) is 2. The van der Waals surface area contributed by atoms with Gasteiger partial charge in [-0.3, -0.25) is 9.59 Å². The molecule has 4 aromatic rings. The van der Waals surface area contributed by atoms with Gasteiger partial charge in [-0.05, 0) is 49.2 Å². The van der Waals surface area contributed by atoms with Crippen molar-refractivity contribution >= 4 is 44.6 Å². The van der Waals surface area contributed by atoms with Gasteiger partial charge < -0.3 is 4.98 Å². The van der Waals surface area contributed by atoms with Gasteiger partial charge in [0, 0.05) is 34.3 Å². The minimum absolute atomic E-state index is 0.0920. The Labute approximate surface area is 192 Å². The smallest absolute Gasteiger partial charge is 0.210 e. The van der Waals surface area contributed by atoms with E-state index in [-0.39, 0.29) is 17.0 Å². The van der Waals surface area contributed by atoms with Gasteiger partial charge in [0.2, 0.25) is 5.69 Å². The van der Waals surface area contributed by atoms with Crippen LogP contribution >= 0.6 is 0 Å². The van der Waals surface area contributed by atoms with Crippen LogP contribution in [0.3, 0.4) is 0 Å². The molecule has 1 saturated carbocycles. The molecule has 4 heteroatoms. The first kappa shape index (κ1) is 19.9. The van der Waals surface area contributed by atoms with Crippen LogP contribution in [0.1, 0.15) is 36.6 Å². The maximum absolute atomic E-state index is 13.3. The van der Waals surface area contributed by atoms with Crippen molar-refractivity contribution in [3.63, 3.8) is 0 Å². The Balaban J connectivity index is 1.43. The number of para-hydroxylation sites is 1. The molecule has 6 rings (SSSR count). The second kappa shape index (κ2) is 6.61. The summed E-state index contributed by atoms with van der Waals surface area (Å²) >= 11 is 0. The first-order valence-corrected chi connectivity index (χ1v) is 11.3. The quantitative estimate of drug-likeness (QED) is 0.196. The Morgan fingerprint density at radius 3 is 2.30 bits per heavy atom. The fourth-order valence-corrected chi connectivity index (χ4v) is 5.66. The van der Waals surface area contributed by atoms with Crippen LogP contribution < -0.4 is 0 Å². The van der Waals surface area contributed by atoms with E-state index < -0.39 is 5.92 Å². The Morgan fingerprint density at radius 2 is 1.58 bits per heavy atom.